The number of nitrogens with two attached hydrogens (primary N) is 1. The van der Waals surface area contributed by atoms with Crippen molar-refractivity contribution in [1.82, 2.24) is 4.72 Å². The van der Waals surface area contributed by atoms with E-state index in [0.29, 0.717) is 12.8 Å². The van der Waals surface area contributed by atoms with Gasteiger partial charge in [-0.1, -0.05) is 0 Å². The van der Waals surface area contributed by atoms with Crippen molar-refractivity contribution in [2.24, 2.45) is 5.41 Å². The summed E-state index contributed by atoms with van der Waals surface area (Å²) in [6.07, 6.45) is 1.42. The largest absolute Gasteiger partial charge is 0.396 e. The van der Waals surface area contributed by atoms with Crippen LogP contribution in [0.15, 0.2) is 17.0 Å². The second-order valence-corrected chi connectivity index (χ2v) is 6.49. The first-order chi connectivity index (χ1) is 8.81. The number of rotatable bonds is 5. The zero-order valence-corrected chi connectivity index (χ0v) is 10.8. The van der Waals surface area contributed by atoms with Gasteiger partial charge in [-0.05, 0) is 25.0 Å². The second-order valence-electron chi connectivity index (χ2n) is 4.76. The van der Waals surface area contributed by atoms with Gasteiger partial charge in [0.2, 0.25) is 10.0 Å². The van der Waals surface area contributed by atoms with E-state index in [1.807, 2.05) is 0 Å². The molecule has 0 radical (unpaired) electrons. The van der Waals surface area contributed by atoms with E-state index >= 15 is 0 Å². The summed E-state index contributed by atoms with van der Waals surface area (Å²) in [5.41, 5.74) is 3.84. The first kappa shape index (κ1) is 14.2. The van der Waals surface area contributed by atoms with Crippen LogP contribution in [0.25, 0.3) is 0 Å². The third-order valence-corrected chi connectivity index (χ3v) is 4.73. The molecule has 19 heavy (non-hydrogen) atoms. The summed E-state index contributed by atoms with van der Waals surface area (Å²) in [6, 6.07) is 1.62. The van der Waals surface area contributed by atoms with Crippen LogP contribution in [0.4, 0.5) is 14.5 Å². The van der Waals surface area contributed by atoms with Crippen LogP contribution in [0.2, 0.25) is 0 Å². The van der Waals surface area contributed by atoms with Gasteiger partial charge in [-0.2, -0.15) is 0 Å². The Morgan fingerprint density at radius 2 is 2.00 bits per heavy atom. The molecule has 106 valence electrons. The maximum Gasteiger partial charge on any atom is 0.243 e. The average Bonchev–Trinajstić information content (AvgIpc) is 3.14. The summed E-state index contributed by atoms with van der Waals surface area (Å²) in [6.45, 7) is -0.119. The molecule has 1 aromatic carbocycles. The molecule has 0 amide bonds. The Hall–Kier alpha value is -1.25. The number of hydrogen-bond donors (Lipinski definition) is 3. The van der Waals surface area contributed by atoms with E-state index in [4.69, 9.17) is 10.8 Å². The summed E-state index contributed by atoms with van der Waals surface area (Å²) in [5, 5.41) is 9.08. The molecule has 1 fully saturated rings. The number of sulfonamides is 1. The summed E-state index contributed by atoms with van der Waals surface area (Å²) < 4.78 is 52.6. The normalized spacial score (nSPS) is 17.4. The molecule has 1 aliphatic carbocycles. The van der Waals surface area contributed by atoms with Crippen molar-refractivity contribution in [3.8, 4) is 0 Å². The number of aliphatic hydroxyl groups is 1. The Morgan fingerprint density at radius 1 is 1.37 bits per heavy atom. The summed E-state index contributed by atoms with van der Waals surface area (Å²) in [5.74, 6) is -2.31. The van der Waals surface area contributed by atoms with Gasteiger partial charge in [0.15, 0.2) is 5.82 Å². The van der Waals surface area contributed by atoms with Crippen LogP contribution in [-0.4, -0.2) is 26.7 Å². The van der Waals surface area contributed by atoms with Crippen molar-refractivity contribution in [2.45, 2.75) is 17.7 Å². The second kappa shape index (κ2) is 4.69. The zero-order chi connectivity index (χ0) is 14.3. The predicted molar refractivity (Wildman–Crippen MR) is 64.7 cm³/mol. The van der Waals surface area contributed by atoms with Gasteiger partial charge in [0.25, 0.3) is 0 Å². The van der Waals surface area contributed by atoms with Crippen LogP contribution < -0.4 is 10.5 Å². The predicted octanol–water partition coefficient (Wildman–Crippen LogP) is 0.598. The van der Waals surface area contributed by atoms with Gasteiger partial charge in [-0.3, -0.25) is 0 Å². The number of halogens is 2. The molecule has 5 nitrogen and oxygen atoms in total. The van der Waals surface area contributed by atoms with E-state index in [2.05, 4.69) is 4.72 Å². The fourth-order valence-corrected chi connectivity index (χ4v) is 2.90. The highest BCUT2D eigenvalue weighted by molar-refractivity contribution is 7.89. The monoisotopic (exact) mass is 292 g/mol. The van der Waals surface area contributed by atoms with Crippen molar-refractivity contribution in [3.63, 3.8) is 0 Å². The van der Waals surface area contributed by atoms with Gasteiger partial charge < -0.3 is 10.8 Å². The third-order valence-electron chi connectivity index (χ3n) is 3.31. The Kier molecular flexibility index (Phi) is 3.50. The Balaban J connectivity index is 2.23. The minimum absolute atomic E-state index is 0.0164. The summed E-state index contributed by atoms with van der Waals surface area (Å²) in [7, 11) is -4.12. The maximum absolute atomic E-state index is 13.6. The van der Waals surface area contributed by atoms with Gasteiger partial charge in [-0.15, -0.1) is 0 Å². The molecule has 1 aliphatic rings. The molecule has 0 unspecified atom stereocenters. The van der Waals surface area contributed by atoms with Crippen LogP contribution in [0.3, 0.4) is 0 Å². The Bertz CT molecular complexity index is 600. The van der Waals surface area contributed by atoms with E-state index in [0.717, 1.165) is 12.1 Å². The van der Waals surface area contributed by atoms with Crippen molar-refractivity contribution in [3.05, 3.63) is 23.8 Å². The van der Waals surface area contributed by atoms with Crippen molar-refractivity contribution in [2.75, 3.05) is 18.9 Å². The highest BCUT2D eigenvalue weighted by Gasteiger charge is 2.42. The van der Waals surface area contributed by atoms with Crippen LogP contribution in [-0.2, 0) is 10.0 Å². The fourth-order valence-electron chi connectivity index (χ4n) is 1.65. The number of hydrogen-bond acceptors (Lipinski definition) is 4. The lowest BCUT2D eigenvalue weighted by Gasteiger charge is -2.14. The van der Waals surface area contributed by atoms with Crippen LogP contribution >= 0.6 is 0 Å². The molecule has 8 heteroatoms. The molecular formula is C11H14F2N2O3S. The standard InChI is InChI=1S/C11H14F2N2O3S/c12-7-1-2-8(9(13)10(7)14)19(17,18)15-5-11(6-16)3-4-11/h1-2,15-16H,3-6,14H2. The number of nitrogen functional groups attached to an aromatic ring is 1. The first-order valence-corrected chi connectivity index (χ1v) is 7.14. The van der Waals surface area contributed by atoms with Crippen LogP contribution in [0.5, 0.6) is 0 Å². The zero-order valence-electron chi connectivity index (χ0n) is 9.99. The quantitative estimate of drug-likeness (QED) is 0.693. The third kappa shape index (κ3) is 2.70. The number of nitrogens with one attached hydrogen (secondary N) is 1. The summed E-state index contributed by atoms with van der Waals surface area (Å²) >= 11 is 0. The van der Waals surface area contributed by atoms with Crippen LogP contribution in [0.1, 0.15) is 12.8 Å². The molecule has 0 aromatic heterocycles. The molecule has 0 heterocycles. The molecule has 4 N–H and O–H groups in total. The van der Waals surface area contributed by atoms with Crippen molar-refractivity contribution in [1.29, 1.82) is 0 Å². The van der Waals surface area contributed by atoms with E-state index < -0.39 is 37.7 Å². The lowest BCUT2D eigenvalue weighted by Crippen LogP contribution is -2.32. The average molecular weight is 292 g/mol. The Labute approximate surface area is 109 Å². The van der Waals surface area contributed by atoms with E-state index in [-0.39, 0.29) is 13.2 Å². The van der Waals surface area contributed by atoms with E-state index in [1.54, 1.807) is 0 Å². The minimum atomic E-state index is -4.12. The number of benzene rings is 1. The molecule has 0 aliphatic heterocycles. The highest BCUT2D eigenvalue weighted by atomic mass is 32.2. The molecule has 0 spiro atoms. The molecule has 1 aromatic rings. The van der Waals surface area contributed by atoms with Crippen molar-refractivity contribution < 1.29 is 22.3 Å². The van der Waals surface area contributed by atoms with Crippen molar-refractivity contribution >= 4 is 15.7 Å². The highest BCUT2D eigenvalue weighted by Crippen LogP contribution is 2.44. The molecule has 0 bridgehead atoms. The van der Waals surface area contributed by atoms with E-state index in [1.165, 1.54) is 0 Å². The SMILES string of the molecule is Nc1c(F)ccc(S(=O)(=O)NCC2(CO)CC2)c1F. The van der Waals surface area contributed by atoms with E-state index in [9.17, 15) is 17.2 Å². The van der Waals surface area contributed by atoms with Gasteiger partial charge >= 0.3 is 0 Å². The van der Waals surface area contributed by atoms with Gasteiger partial charge in [-0.25, -0.2) is 21.9 Å². The molecule has 2 rings (SSSR count). The van der Waals surface area contributed by atoms with Gasteiger partial charge in [0.05, 0.1) is 0 Å². The number of anilines is 1. The molecule has 0 atom stereocenters. The topological polar surface area (TPSA) is 92.4 Å². The maximum atomic E-state index is 13.6. The minimum Gasteiger partial charge on any atom is -0.396 e. The lowest BCUT2D eigenvalue weighted by molar-refractivity contribution is 0.213. The lowest BCUT2D eigenvalue weighted by atomic mass is 10.1. The molecular weight excluding hydrogens is 278 g/mol. The van der Waals surface area contributed by atoms with Gasteiger partial charge in [0, 0.05) is 18.6 Å². The summed E-state index contributed by atoms with van der Waals surface area (Å²) in [4.78, 5) is -0.694. The number of aliphatic hydroxyl groups excluding tert-OH is 1. The smallest absolute Gasteiger partial charge is 0.243 e. The molecule has 1 saturated carbocycles. The van der Waals surface area contributed by atoms with Crippen LogP contribution in [0, 0.1) is 17.0 Å². The fraction of sp³-hybridized carbons (Fsp3) is 0.455. The Morgan fingerprint density at radius 3 is 2.53 bits per heavy atom. The first-order valence-electron chi connectivity index (χ1n) is 5.65. The molecule has 0 saturated heterocycles. The van der Waals surface area contributed by atoms with Gasteiger partial charge in [0.1, 0.15) is 16.4 Å².